The van der Waals surface area contributed by atoms with Gasteiger partial charge >= 0.3 is 5.97 Å². The third-order valence-corrected chi connectivity index (χ3v) is 8.03. The second kappa shape index (κ2) is 12.0. The SMILES string of the molecule is CCOC(=O)C1=C(c2ccccc2)N=c2s/c(=C\c3ccc(-c4ccc([N+](=O)[O-])cc4OC)o3)c(=O)n2C1c1ccccc1. The first-order chi connectivity index (χ1) is 21.4. The second-order valence-electron chi connectivity index (χ2n) is 9.69. The van der Waals surface area contributed by atoms with Gasteiger partial charge in [-0.25, -0.2) is 9.79 Å². The third kappa shape index (κ3) is 5.25. The molecule has 0 bridgehead atoms. The van der Waals surface area contributed by atoms with Gasteiger partial charge in [-0.05, 0) is 30.7 Å². The van der Waals surface area contributed by atoms with Crippen LogP contribution in [0.25, 0.3) is 23.1 Å². The van der Waals surface area contributed by atoms with Crippen LogP contribution in [0.1, 0.15) is 29.9 Å². The maximum Gasteiger partial charge on any atom is 0.338 e. The summed E-state index contributed by atoms with van der Waals surface area (Å²) in [6, 6.07) is 25.5. The number of thiazole rings is 1. The van der Waals surface area contributed by atoms with E-state index in [0.29, 0.717) is 32.1 Å². The number of nitro groups is 1. The van der Waals surface area contributed by atoms with Crippen molar-refractivity contribution in [2.24, 2.45) is 4.99 Å². The summed E-state index contributed by atoms with van der Waals surface area (Å²) in [6.07, 6.45) is 1.61. The average Bonchev–Trinajstić information content (AvgIpc) is 3.64. The molecule has 1 atom stereocenters. The first kappa shape index (κ1) is 28.6. The van der Waals surface area contributed by atoms with Crippen molar-refractivity contribution >= 4 is 34.8 Å². The lowest BCUT2D eigenvalue weighted by molar-refractivity contribution is -0.384. The topological polar surface area (TPSA) is 126 Å². The highest BCUT2D eigenvalue weighted by Crippen LogP contribution is 2.36. The van der Waals surface area contributed by atoms with E-state index in [4.69, 9.17) is 18.9 Å². The zero-order chi connectivity index (χ0) is 30.8. The normalized spacial score (nSPS) is 14.6. The molecular formula is C33H25N3O7S. The fourth-order valence-electron chi connectivity index (χ4n) is 5.09. The Labute approximate surface area is 254 Å². The van der Waals surface area contributed by atoms with E-state index in [2.05, 4.69) is 0 Å². The molecule has 3 aromatic carbocycles. The maximum atomic E-state index is 14.0. The molecule has 6 rings (SSSR count). The molecular weight excluding hydrogens is 582 g/mol. The van der Waals surface area contributed by atoms with Gasteiger partial charge in [-0.1, -0.05) is 72.0 Å². The smallest absolute Gasteiger partial charge is 0.338 e. The summed E-state index contributed by atoms with van der Waals surface area (Å²) >= 11 is 1.18. The van der Waals surface area contributed by atoms with Gasteiger partial charge in [0.05, 0.1) is 52.1 Å². The molecule has 0 fully saturated rings. The molecule has 1 unspecified atom stereocenters. The molecule has 2 aromatic heterocycles. The number of furan rings is 1. The number of non-ortho nitro benzene ring substituents is 1. The van der Waals surface area contributed by atoms with Crippen molar-refractivity contribution in [2.75, 3.05) is 13.7 Å². The van der Waals surface area contributed by atoms with Crippen LogP contribution in [-0.4, -0.2) is 29.2 Å². The number of hydrogen-bond donors (Lipinski definition) is 0. The van der Waals surface area contributed by atoms with Gasteiger partial charge in [0.25, 0.3) is 11.2 Å². The van der Waals surface area contributed by atoms with E-state index < -0.39 is 16.9 Å². The first-order valence-electron chi connectivity index (χ1n) is 13.7. The molecule has 0 saturated carbocycles. The number of nitro benzene ring substituents is 1. The van der Waals surface area contributed by atoms with E-state index >= 15 is 0 Å². The number of ether oxygens (including phenoxy) is 2. The van der Waals surface area contributed by atoms with Gasteiger partial charge in [0.2, 0.25) is 0 Å². The molecule has 0 spiro atoms. The minimum absolute atomic E-state index is 0.108. The Hall–Kier alpha value is -5.55. The fraction of sp³-hybridized carbons (Fsp3) is 0.121. The number of esters is 1. The minimum Gasteiger partial charge on any atom is -0.496 e. The van der Waals surface area contributed by atoms with Crippen LogP contribution >= 0.6 is 11.3 Å². The quantitative estimate of drug-likeness (QED) is 0.136. The van der Waals surface area contributed by atoms with E-state index in [1.165, 1.54) is 35.1 Å². The summed E-state index contributed by atoms with van der Waals surface area (Å²) in [7, 11) is 1.42. The van der Waals surface area contributed by atoms with Gasteiger partial charge in [-0.15, -0.1) is 0 Å². The Morgan fingerprint density at radius 2 is 1.80 bits per heavy atom. The Morgan fingerprint density at radius 1 is 1.07 bits per heavy atom. The predicted molar refractivity (Wildman–Crippen MR) is 165 cm³/mol. The third-order valence-electron chi connectivity index (χ3n) is 7.05. The molecule has 220 valence electrons. The number of methoxy groups -OCH3 is 1. The molecule has 0 N–H and O–H groups in total. The van der Waals surface area contributed by atoms with Gasteiger partial charge in [0, 0.05) is 17.7 Å². The molecule has 0 aliphatic carbocycles. The number of carbonyl (C=O) groups excluding carboxylic acids is 1. The van der Waals surface area contributed by atoms with Crippen molar-refractivity contribution < 1.29 is 23.6 Å². The van der Waals surface area contributed by atoms with Crippen LogP contribution in [0.15, 0.2) is 111 Å². The van der Waals surface area contributed by atoms with Gasteiger partial charge in [-0.2, -0.15) is 0 Å². The monoisotopic (exact) mass is 607 g/mol. The van der Waals surface area contributed by atoms with E-state index in [1.54, 1.807) is 31.2 Å². The molecule has 0 amide bonds. The predicted octanol–water partition coefficient (Wildman–Crippen LogP) is 5.11. The number of nitrogens with zero attached hydrogens (tertiary/aromatic N) is 3. The number of fused-ring (bicyclic) bond motifs is 1. The van der Waals surface area contributed by atoms with Gasteiger partial charge in [0.15, 0.2) is 4.80 Å². The largest absolute Gasteiger partial charge is 0.496 e. The van der Waals surface area contributed by atoms with Crippen molar-refractivity contribution in [3.05, 3.63) is 143 Å². The van der Waals surface area contributed by atoms with Crippen LogP contribution in [0, 0.1) is 10.1 Å². The van der Waals surface area contributed by atoms with Gasteiger partial charge < -0.3 is 13.9 Å². The van der Waals surface area contributed by atoms with Crippen molar-refractivity contribution in [3.8, 4) is 17.1 Å². The number of carbonyl (C=O) groups is 1. The summed E-state index contributed by atoms with van der Waals surface area (Å²) < 4.78 is 18.7. The zero-order valence-electron chi connectivity index (χ0n) is 23.6. The van der Waals surface area contributed by atoms with E-state index in [0.717, 1.165) is 11.1 Å². The summed E-state index contributed by atoms with van der Waals surface area (Å²) in [5, 5.41) is 11.2. The van der Waals surface area contributed by atoms with Crippen LogP contribution in [0.5, 0.6) is 5.75 Å². The Balaban J connectivity index is 1.52. The number of benzene rings is 3. The molecule has 5 aromatic rings. The molecule has 0 radical (unpaired) electrons. The molecule has 11 heteroatoms. The highest BCUT2D eigenvalue weighted by atomic mass is 32.1. The number of rotatable bonds is 8. The van der Waals surface area contributed by atoms with E-state index in [-0.39, 0.29) is 29.2 Å². The van der Waals surface area contributed by atoms with Gasteiger partial charge in [-0.3, -0.25) is 19.5 Å². The van der Waals surface area contributed by atoms with Crippen molar-refractivity contribution in [1.82, 2.24) is 4.57 Å². The molecule has 1 aliphatic heterocycles. The molecule has 0 saturated heterocycles. The van der Waals surface area contributed by atoms with Crippen LogP contribution in [0.2, 0.25) is 0 Å². The Kier molecular flexibility index (Phi) is 7.78. The Morgan fingerprint density at radius 3 is 2.48 bits per heavy atom. The number of hydrogen-bond acceptors (Lipinski definition) is 9. The summed E-state index contributed by atoms with van der Waals surface area (Å²) in [4.78, 5) is 43.5. The molecule has 10 nitrogen and oxygen atoms in total. The molecule has 3 heterocycles. The second-order valence-corrected chi connectivity index (χ2v) is 10.7. The lowest BCUT2D eigenvalue weighted by Gasteiger charge is -2.25. The first-order valence-corrected chi connectivity index (χ1v) is 14.5. The van der Waals surface area contributed by atoms with Gasteiger partial charge in [0.1, 0.15) is 17.3 Å². The summed E-state index contributed by atoms with van der Waals surface area (Å²) in [5.74, 6) is 0.525. The summed E-state index contributed by atoms with van der Waals surface area (Å²) in [5.41, 5.74) is 2.24. The minimum atomic E-state index is -0.777. The molecule has 44 heavy (non-hydrogen) atoms. The fourth-order valence-corrected chi connectivity index (χ4v) is 6.07. The van der Waals surface area contributed by atoms with E-state index in [9.17, 15) is 19.7 Å². The Bertz CT molecular complexity index is 2090. The van der Waals surface area contributed by atoms with Crippen LogP contribution in [-0.2, 0) is 9.53 Å². The van der Waals surface area contributed by atoms with Crippen LogP contribution in [0.4, 0.5) is 5.69 Å². The van der Waals surface area contributed by atoms with Crippen molar-refractivity contribution in [1.29, 1.82) is 0 Å². The maximum absolute atomic E-state index is 14.0. The van der Waals surface area contributed by atoms with Crippen LogP contribution < -0.4 is 19.6 Å². The highest BCUT2D eigenvalue weighted by Gasteiger charge is 2.35. The van der Waals surface area contributed by atoms with E-state index in [1.807, 2.05) is 60.7 Å². The zero-order valence-corrected chi connectivity index (χ0v) is 24.4. The lowest BCUT2D eigenvalue weighted by Crippen LogP contribution is -2.39. The average molecular weight is 608 g/mol. The lowest BCUT2D eigenvalue weighted by atomic mass is 9.93. The van der Waals surface area contributed by atoms with Crippen molar-refractivity contribution in [3.63, 3.8) is 0 Å². The number of aromatic nitrogens is 1. The highest BCUT2D eigenvalue weighted by molar-refractivity contribution is 7.07. The van der Waals surface area contributed by atoms with Crippen molar-refractivity contribution in [2.45, 2.75) is 13.0 Å². The summed E-state index contributed by atoms with van der Waals surface area (Å²) in [6.45, 7) is 1.90. The van der Waals surface area contributed by atoms with Crippen LogP contribution in [0.3, 0.4) is 0 Å². The standard InChI is InChI=1S/C33H25N3O7S/c1-3-42-32(38)28-29(20-10-6-4-7-11-20)34-33-35(30(28)21-12-8-5-9-13-21)31(37)27(44-33)19-23-15-17-25(43-23)24-16-14-22(36(39)40)18-26(24)41-2/h4-19,30H,3H2,1-2H3/b27-19-. The molecule has 1 aliphatic rings.